The van der Waals surface area contributed by atoms with Gasteiger partial charge in [-0.05, 0) is 6.42 Å². The second kappa shape index (κ2) is 11.9. The van der Waals surface area contributed by atoms with Crippen LogP contribution in [0.4, 0.5) is 0 Å². The number of rotatable bonds is 12. The molecule has 0 N–H and O–H groups in total. The van der Waals surface area contributed by atoms with E-state index in [1.54, 1.807) is 0 Å². The van der Waals surface area contributed by atoms with Crippen molar-refractivity contribution in [2.45, 2.75) is 6.42 Å². The molecule has 22 heavy (non-hydrogen) atoms. The topological polar surface area (TPSA) is 167 Å². The van der Waals surface area contributed by atoms with E-state index >= 15 is 0 Å². The molecule has 0 aromatic heterocycles. The SMILES string of the molecule is O=C([O-])CN(CCCN(CC(=O)[O-])CC(=O)[O-])CC(=O)[O-].[Fe+4]. The molecular weight excluding hydrogens is 344 g/mol. The number of carbonyl (C=O) groups is 4. The Bertz CT molecular complexity index is 336. The number of nitrogens with zero attached hydrogens (tertiary/aromatic N) is 2. The smallest absolute Gasteiger partial charge is 0.549 e. The molecule has 0 aliphatic carbocycles. The van der Waals surface area contributed by atoms with Crippen LogP contribution in [0.1, 0.15) is 6.42 Å². The molecule has 0 aliphatic rings. The van der Waals surface area contributed by atoms with Crippen molar-refractivity contribution in [2.75, 3.05) is 39.3 Å². The second-order valence-corrected chi connectivity index (χ2v) is 4.26. The van der Waals surface area contributed by atoms with E-state index in [4.69, 9.17) is 0 Å². The average Bonchev–Trinajstić information content (AvgIpc) is 2.24. The molecule has 0 aromatic rings. The fourth-order valence-electron chi connectivity index (χ4n) is 1.68. The Morgan fingerprint density at radius 2 is 0.818 bits per heavy atom. The van der Waals surface area contributed by atoms with Gasteiger partial charge in [0.05, 0.1) is 23.9 Å². The van der Waals surface area contributed by atoms with Crippen LogP contribution in [-0.2, 0) is 36.2 Å². The summed E-state index contributed by atoms with van der Waals surface area (Å²) in [5.41, 5.74) is 0. The molecule has 0 aliphatic heterocycles. The maximum atomic E-state index is 10.4. The number of carboxylic acids is 4. The Morgan fingerprint density at radius 3 is 1.00 bits per heavy atom. The molecule has 0 rings (SSSR count). The fraction of sp³-hybridized carbons (Fsp3) is 0.636. The van der Waals surface area contributed by atoms with Crippen LogP contribution in [0, 0.1) is 0 Å². The first-order valence-corrected chi connectivity index (χ1v) is 5.94. The summed E-state index contributed by atoms with van der Waals surface area (Å²) in [4.78, 5) is 43.8. The van der Waals surface area contributed by atoms with E-state index in [0.717, 1.165) is 9.80 Å². The minimum atomic E-state index is -1.47. The molecule has 0 amide bonds. The molecule has 0 heterocycles. The molecule has 0 unspecified atom stereocenters. The van der Waals surface area contributed by atoms with Crippen LogP contribution in [0.25, 0.3) is 0 Å². The Kier molecular flexibility index (Phi) is 12.2. The predicted octanol–water partition coefficient (Wildman–Crippen LogP) is -7.02. The molecule has 0 bridgehead atoms. The van der Waals surface area contributed by atoms with Crippen molar-refractivity contribution in [3.8, 4) is 0 Å². The predicted molar refractivity (Wildman–Crippen MR) is 57.5 cm³/mol. The van der Waals surface area contributed by atoms with E-state index in [-0.39, 0.29) is 36.6 Å². The van der Waals surface area contributed by atoms with Crippen LogP contribution in [0.5, 0.6) is 0 Å². The van der Waals surface area contributed by atoms with E-state index in [1.165, 1.54) is 0 Å². The van der Waals surface area contributed by atoms with Crippen molar-refractivity contribution in [2.24, 2.45) is 0 Å². The first-order chi connectivity index (χ1) is 9.70. The van der Waals surface area contributed by atoms with Crippen LogP contribution < -0.4 is 20.4 Å². The van der Waals surface area contributed by atoms with Gasteiger partial charge in [0.1, 0.15) is 0 Å². The third kappa shape index (κ3) is 13.3. The Morgan fingerprint density at radius 1 is 0.591 bits per heavy atom. The van der Waals surface area contributed by atoms with Gasteiger partial charge in [0.25, 0.3) is 0 Å². The van der Waals surface area contributed by atoms with Crippen molar-refractivity contribution in [1.29, 1.82) is 0 Å². The van der Waals surface area contributed by atoms with E-state index in [2.05, 4.69) is 0 Å². The van der Waals surface area contributed by atoms with Gasteiger partial charge in [-0.15, -0.1) is 0 Å². The summed E-state index contributed by atoms with van der Waals surface area (Å²) in [7, 11) is 0. The zero-order valence-electron chi connectivity index (χ0n) is 11.5. The van der Waals surface area contributed by atoms with Gasteiger partial charge in [-0.1, -0.05) is 0 Å². The van der Waals surface area contributed by atoms with Gasteiger partial charge < -0.3 is 39.6 Å². The minimum Gasteiger partial charge on any atom is -0.549 e. The molecule has 0 saturated heterocycles. The van der Waals surface area contributed by atoms with Crippen LogP contribution in [-0.4, -0.2) is 72.9 Å². The number of hydrogen-bond donors (Lipinski definition) is 0. The summed E-state index contributed by atoms with van der Waals surface area (Å²) >= 11 is 0. The van der Waals surface area contributed by atoms with Crippen molar-refractivity contribution >= 4 is 23.9 Å². The zero-order valence-corrected chi connectivity index (χ0v) is 12.6. The molecule has 0 atom stereocenters. The quantitative estimate of drug-likeness (QED) is 0.306. The number of carbonyl (C=O) groups excluding carboxylic acids is 4. The van der Waals surface area contributed by atoms with Crippen molar-refractivity contribution in [1.82, 2.24) is 9.80 Å². The maximum Gasteiger partial charge on any atom is 4.00 e. The number of hydrogen-bond acceptors (Lipinski definition) is 10. The number of aliphatic carboxylic acids is 4. The first-order valence-electron chi connectivity index (χ1n) is 5.94. The van der Waals surface area contributed by atoms with Crippen LogP contribution in [0.2, 0.25) is 0 Å². The molecule has 0 spiro atoms. The van der Waals surface area contributed by atoms with Crippen LogP contribution in [0.3, 0.4) is 0 Å². The minimum absolute atomic E-state index is 0. The largest absolute Gasteiger partial charge is 4.00 e. The third-order valence-corrected chi connectivity index (χ3v) is 2.36. The summed E-state index contributed by atoms with van der Waals surface area (Å²) in [6, 6.07) is 0. The Balaban J connectivity index is 0. The maximum absolute atomic E-state index is 10.4. The van der Waals surface area contributed by atoms with Gasteiger partial charge in [-0.25, -0.2) is 0 Å². The van der Waals surface area contributed by atoms with Gasteiger partial charge in [-0.3, -0.25) is 9.80 Å². The average molecular weight is 358 g/mol. The van der Waals surface area contributed by atoms with Crippen molar-refractivity contribution in [3.63, 3.8) is 0 Å². The molecular formula is C11H14FeN2O8. The normalized spacial score (nSPS) is 10.3. The molecule has 11 heteroatoms. The van der Waals surface area contributed by atoms with Crippen molar-refractivity contribution < 1.29 is 56.7 Å². The molecule has 124 valence electrons. The van der Waals surface area contributed by atoms with Crippen molar-refractivity contribution in [3.05, 3.63) is 0 Å². The van der Waals surface area contributed by atoms with E-state index in [1.807, 2.05) is 0 Å². The Labute approximate surface area is 136 Å². The van der Waals surface area contributed by atoms with Crippen LogP contribution in [0.15, 0.2) is 0 Å². The second-order valence-electron chi connectivity index (χ2n) is 4.26. The van der Waals surface area contributed by atoms with Gasteiger partial charge in [0, 0.05) is 39.3 Å². The summed E-state index contributed by atoms with van der Waals surface area (Å²) in [5.74, 6) is -5.90. The first kappa shape index (κ1) is 22.6. The molecule has 0 aromatic carbocycles. The van der Waals surface area contributed by atoms with Gasteiger partial charge in [0.15, 0.2) is 0 Å². The Hall–Kier alpha value is -1.68. The summed E-state index contributed by atoms with van der Waals surface area (Å²) in [5, 5.41) is 41.7. The molecule has 0 saturated carbocycles. The fourth-order valence-corrected chi connectivity index (χ4v) is 1.68. The standard InChI is InChI=1S/C11H18N2O8.Fe/c14-8(15)4-12(5-9(16)17)2-1-3-13(6-10(18)19)7-11(20)21;/h1-7H2,(H,14,15)(H,16,17)(H,18,19)(H,20,21);/q;+4/p-4. The number of carboxylic acid groups (broad SMARTS) is 4. The molecule has 10 nitrogen and oxygen atoms in total. The van der Waals surface area contributed by atoms with Gasteiger partial charge >= 0.3 is 17.1 Å². The zero-order chi connectivity index (χ0) is 16.4. The molecule has 0 radical (unpaired) electrons. The van der Waals surface area contributed by atoms with E-state index in [9.17, 15) is 39.6 Å². The van der Waals surface area contributed by atoms with E-state index < -0.39 is 50.1 Å². The van der Waals surface area contributed by atoms with Gasteiger partial charge in [-0.2, -0.15) is 0 Å². The van der Waals surface area contributed by atoms with Crippen LogP contribution >= 0.6 is 0 Å². The van der Waals surface area contributed by atoms with Gasteiger partial charge in [0.2, 0.25) is 0 Å². The third-order valence-electron chi connectivity index (χ3n) is 2.36. The summed E-state index contributed by atoms with van der Waals surface area (Å²) in [6.07, 6.45) is 0.140. The molecule has 0 fully saturated rings. The summed E-state index contributed by atoms with van der Waals surface area (Å²) < 4.78 is 0. The monoisotopic (exact) mass is 358 g/mol. The van der Waals surface area contributed by atoms with E-state index in [0.29, 0.717) is 0 Å². The summed E-state index contributed by atoms with van der Waals surface area (Å²) in [6.45, 7) is -2.55.